The van der Waals surface area contributed by atoms with Crippen LogP contribution in [-0.2, 0) is 25.7 Å². The van der Waals surface area contributed by atoms with Crippen molar-refractivity contribution >= 4 is 28.8 Å². The Kier molecular flexibility index (Phi) is 5.18. The monoisotopic (exact) mass is 272 g/mol. The molecule has 0 atom stereocenters. The Labute approximate surface area is 106 Å². The number of nitrogens with one attached hydrogen (secondary N) is 1. The molecular weight excluding hydrogens is 260 g/mol. The number of Topliss-reactive ketones (excluding diaryl/α,β-unsaturated/α-hetero) is 1. The van der Waals surface area contributed by atoms with Crippen LogP contribution in [0.2, 0.25) is 0 Å². The van der Waals surface area contributed by atoms with Crippen molar-refractivity contribution in [2.75, 3.05) is 13.7 Å². The lowest BCUT2D eigenvalue weighted by molar-refractivity contribution is -0.136. The van der Waals surface area contributed by atoms with Crippen LogP contribution in [0, 0.1) is 5.41 Å². The van der Waals surface area contributed by atoms with Gasteiger partial charge in [-0.25, -0.2) is 9.48 Å². The summed E-state index contributed by atoms with van der Waals surface area (Å²) in [4.78, 5) is 27.8. The highest BCUT2D eigenvalue weighted by Gasteiger charge is 2.23. The van der Waals surface area contributed by atoms with Crippen molar-refractivity contribution in [2.45, 2.75) is 13.5 Å². The molecule has 0 amide bonds. The van der Waals surface area contributed by atoms with Gasteiger partial charge in [0, 0.05) is 0 Å². The summed E-state index contributed by atoms with van der Waals surface area (Å²) in [6.07, 6.45) is 0. The lowest BCUT2D eigenvalue weighted by Crippen LogP contribution is -2.32. The predicted molar refractivity (Wildman–Crippen MR) is 62.0 cm³/mol. The Morgan fingerprint density at radius 3 is 2.83 bits per heavy atom. The van der Waals surface area contributed by atoms with Gasteiger partial charge in [0.2, 0.25) is 11.5 Å². The Morgan fingerprint density at radius 2 is 2.33 bits per heavy atom. The molecule has 0 aliphatic carbocycles. The van der Waals surface area contributed by atoms with Crippen molar-refractivity contribution < 1.29 is 19.2 Å². The van der Waals surface area contributed by atoms with E-state index in [1.54, 1.807) is 6.92 Å². The summed E-state index contributed by atoms with van der Waals surface area (Å²) in [5, 5.41) is 14.6. The molecule has 98 valence electrons. The number of hydrogen-bond donors (Lipinski definition) is 1. The van der Waals surface area contributed by atoms with E-state index in [1.165, 1.54) is 12.6 Å². The quantitative estimate of drug-likeness (QED) is 0.327. The van der Waals surface area contributed by atoms with E-state index in [2.05, 4.69) is 19.8 Å². The van der Waals surface area contributed by atoms with Crippen molar-refractivity contribution in [3.8, 4) is 0 Å². The summed E-state index contributed by atoms with van der Waals surface area (Å²) in [6, 6.07) is 0. The third kappa shape index (κ3) is 3.48. The summed E-state index contributed by atoms with van der Waals surface area (Å²) in [6.45, 7) is 1.48. The molecule has 0 aliphatic heterocycles. The molecule has 1 aromatic heterocycles. The molecule has 0 aliphatic rings. The summed E-state index contributed by atoms with van der Waals surface area (Å²) < 4.78 is 5.83. The molecule has 0 radical (unpaired) electrons. The largest absolute Gasteiger partial charge is 0.461 e. The van der Waals surface area contributed by atoms with Crippen molar-refractivity contribution in [3.05, 3.63) is 10.3 Å². The Morgan fingerprint density at radius 1 is 1.61 bits per heavy atom. The molecule has 1 rings (SSSR count). The van der Waals surface area contributed by atoms with Crippen LogP contribution in [0.15, 0.2) is 10.7 Å². The summed E-state index contributed by atoms with van der Waals surface area (Å²) in [5.74, 6) is -1.48. The lowest BCUT2D eigenvalue weighted by atomic mass is 10.2. The lowest BCUT2D eigenvalue weighted by Gasteiger charge is -2.04. The van der Waals surface area contributed by atoms with Crippen LogP contribution in [-0.4, -0.2) is 41.0 Å². The second-order valence-electron chi connectivity index (χ2n) is 2.97. The van der Waals surface area contributed by atoms with Crippen LogP contribution in [0.3, 0.4) is 0 Å². The van der Waals surface area contributed by atoms with Crippen LogP contribution in [0.5, 0.6) is 0 Å². The normalized spacial score (nSPS) is 11.1. The van der Waals surface area contributed by atoms with Gasteiger partial charge in [-0.05, 0) is 6.92 Å². The number of carbonyl (C=O) groups is 2. The summed E-state index contributed by atoms with van der Waals surface area (Å²) >= 11 is 1.07. The third-order valence-electron chi connectivity index (χ3n) is 1.79. The van der Waals surface area contributed by atoms with E-state index >= 15 is 0 Å². The molecule has 0 spiro atoms. The molecular formula is C9H12N4O4S. The first-order valence-corrected chi connectivity index (χ1v) is 5.84. The van der Waals surface area contributed by atoms with Gasteiger partial charge in [0.05, 0.1) is 6.61 Å². The Hall–Kier alpha value is -2.03. The number of ketones is 1. The van der Waals surface area contributed by atoms with E-state index in [-0.39, 0.29) is 18.0 Å². The van der Waals surface area contributed by atoms with Crippen molar-refractivity contribution in [2.24, 2.45) is 5.16 Å². The number of hydrogen-bond acceptors (Lipinski definition) is 8. The van der Waals surface area contributed by atoms with Gasteiger partial charge < -0.3 is 9.57 Å². The first kappa shape index (κ1) is 14.0. The van der Waals surface area contributed by atoms with Gasteiger partial charge in [-0.2, -0.15) is 5.10 Å². The number of esters is 1. The van der Waals surface area contributed by atoms with Crippen LogP contribution < -0.4 is 4.80 Å². The van der Waals surface area contributed by atoms with Gasteiger partial charge in [-0.1, -0.05) is 16.5 Å². The second-order valence-corrected chi connectivity index (χ2v) is 3.80. The standard InChI is InChI=1S/C9H12N4O4S/c1-3-17-8(15)7(12-16-2)6(14)4-13-9(10)18-5-11-13/h5,10H,3-4H2,1-2H3. The third-order valence-corrected chi connectivity index (χ3v) is 2.43. The number of ether oxygens (including phenoxy) is 1. The van der Waals surface area contributed by atoms with Gasteiger partial charge in [0.1, 0.15) is 19.2 Å². The first-order chi connectivity index (χ1) is 8.60. The molecule has 9 heteroatoms. The second kappa shape index (κ2) is 6.64. The average molecular weight is 272 g/mol. The Bertz CT molecular complexity index is 519. The van der Waals surface area contributed by atoms with Gasteiger partial charge >= 0.3 is 5.97 Å². The first-order valence-electron chi connectivity index (χ1n) is 4.96. The van der Waals surface area contributed by atoms with Crippen LogP contribution in [0.1, 0.15) is 6.92 Å². The van der Waals surface area contributed by atoms with E-state index < -0.39 is 17.5 Å². The summed E-state index contributed by atoms with van der Waals surface area (Å²) in [7, 11) is 1.22. The van der Waals surface area contributed by atoms with Crippen LogP contribution >= 0.6 is 11.3 Å². The van der Waals surface area contributed by atoms with Crippen molar-refractivity contribution in [3.63, 3.8) is 0 Å². The molecule has 0 saturated heterocycles. The molecule has 0 bridgehead atoms. The molecule has 18 heavy (non-hydrogen) atoms. The Balaban J connectivity index is 2.85. The molecule has 1 heterocycles. The molecule has 0 aromatic carbocycles. The average Bonchev–Trinajstić information content (AvgIpc) is 2.72. The highest BCUT2D eigenvalue weighted by atomic mass is 32.1. The predicted octanol–water partition coefficient (Wildman–Crippen LogP) is -0.441. The number of aromatic nitrogens is 2. The van der Waals surface area contributed by atoms with Crippen LogP contribution in [0.25, 0.3) is 0 Å². The minimum absolute atomic E-state index is 0.101. The topological polar surface area (TPSA) is 107 Å². The minimum atomic E-state index is -0.855. The highest BCUT2D eigenvalue weighted by molar-refractivity contribution is 7.06. The zero-order chi connectivity index (χ0) is 13.5. The van der Waals surface area contributed by atoms with Crippen molar-refractivity contribution in [1.29, 1.82) is 5.41 Å². The molecule has 8 nitrogen and oxygen atoms in total. The molecule has 0 unspecified atom stereocenters. The number of oxime groups is 1. The number of nitrogens with zero attached hydrogens (tertiary/aromatic N) is 3. The fourth-order valence-corrected chi connectivity index (χ4v) is 1.55. The maximum absolute atomic E-state index is 11.8. The van der Waals surface area contributed by atoms with Gasteiger partial charge in [0.15, 0.2) is 4.80 Å². The van der Waals surface area contributed by atoms with E-state index in [9.17, 15) is 9.59 Å². The van der Waals surface area contributed by atoms with E-state index in [1.807, 2.05) is 0 Å². The fourth-order valence-electron chi connectivity index (χ4n) is 1.06. The zero-order valence-corrected chi connectivity index (χ0v) is 10.7. The van der Waals surface area contributed by atoms with E-state index in [4.69, 9.17) is 5.41 Å². The van der Waals surface area contributed by atoms with E-state index in [0.717, 1.165) is 16.0 Å². The molecule has 0 saturated carbocycles. The minimum Gasteiger partial charge on any atom is -0.461 e. The highest BCUT2D eigenvalue weighted by Crippen LogP contribution is 1.93. The maximum Gasteiger partial charge on any atom is 0.364 e. The molecule has 0 fully saturated rings. The molecule has 1 aromatic rings. The fraction of sp³-hybridized carbons (Fsp3) is 0.444. The van der Waals surface area contributed by atoms with Crippen molar-refractivity contribution in [1.82, 2.24) is 9.78 Å². The zero-order valence-electron chi connectivity index (χ0n) is 9.87. The number of carbonyl (C=O) groups excluding carboxylic acids is 2. The van der Waals surface area contributed by atoms with Gasteiger partial charge in [-0.3, -0.25) is 10.2 Å². The van der Waals surface area contributed by atoms with Gasteiger partial charge in [-0.15, -0.1) is 0 Å². The SMILES string of the molecule is CCOC(=O)C(=NOC)C(=O)Cn1ncsc1=N. The van der Waals surface area contributed by atoms with Gasteiger partial charge in [0.25, 0.3) is 0 Å². The number of rotatable bonds is 6. The van der Waals surface area contributed by atoms with Crippen LogP contribution in [0.4, 0.5) is 0 Å². The van der Waals surface area contributed by atoms with E-state index in [0.29, 0.717) is 0 Å². The maximum atomic E-state index is 11.8. The smallest absolute Gasteiger partial charge is 0.364 e. The summed E-state index contributed by atoms with van der Waals surface area (Å²) in [5.41, 5.74) is 0.979. The molecule has 1 N–H and O–H groups in total.